The Balaban J connectivity index is 2.64. The van der Waals surface area contributed by atoms with Crippen molar-refractivity contribution in [1.82, 2.24) is 5.32 Å². The predicted octanol–water partition coefficient (Wildman–Crippen LogP) is 3.45. The number of hydrogen-bond acceptors (Lipinski definition) is 3. The van der Waals surface area contributed by atoms with Gasteiger partial charge in [0.25, 0.3) is 0 Å². The maximum Gasteiger partial charge on any atom is 0.573 e. The molecule has 0 radical (unpaired) electrons. The molecule has 0 aliphatic rings. The van der Waals surface area contributed by atoms with Crippen LogP contribution in [0.4, 0.5) is 13.2 Å². The molecular weight excluding hydrogens is 339 g/mol. The molecular formula is C13H17BrF3NO2. The van der Waals surface area contributed by atoms with Gasteiger partial charge < -0.3 is 15.2 Å². The van der Waals surface area contributed by atoms with Crippen LogP contribution in [0.5, 0.6) is 5.75 Å². The molecule has 0 saturated heterocycles. The number of halogens is 4. The Morgan fingerprint density at radius 3 is 2.50 bits per heavy atom. The third kappa shape index (κ3) is 5.68. The number of benzene rings is 1. The molecule has 2 atom stereocenters. The van der Waals surface area contributed by atoms with Crippen molar-refractivity contribution in [3.05, 3.63) is 28.2 Å². The van der Waals surface area contributed by atoms with Crippen LogP contribution in [0.25, 0.3) is 0 Å². The minimum absolute atomic E-state index is 0.0796. The Morgan fingerprint density at radius 2 is 2.00 bits per heavy atom. The van der Waals surface area contributed by atoms with Gasteiger partial charge in [0, 0.05) is 19.2 Å². The summed E-state index contributed by atoms with van der Waals surface area (Å²) in [5, 5.41) is 12.2. The maximum atomic E-state index is 12.1. The fourth-order valence-electron chi connectivity index (χ4n) is 1.50. The zero-order valence-corrected chi connectivity index (χ0v) is 12.8. The van der Waals surface area contributed by atoms with Crippen molar-refractivity contribution in [2.45, 2.75) is 32.8 Å². The number of ether oxygens (including phenoxy) is 1. The van der Waals surface area contributed by atoms with Crippen LogP contribution in [-0.4, -0.2) is 24.1 Å². The fourth-order valence-corrected chi connectivity index (χ4v) is 2.01. The summed E-state index contributed by atoms with van der Waals surface area (Å²) in [6, 6.07) is 4.51. The summed E-state index contributed by atoms with van der Waals surface area (Å²) >= 11 is 3.06. The van der Waals surface area contributed by atoms with E-state index in [0.29, 0.717) is 6.54 Å². The van der Waals surface area contributed by atoms with Crippen molar-refractivity contribution in [2.75, 3.05) is 6.61 Å². The van der Waals surface area contributed by atoms with Gasteiger partial charge in [-0.15, -0.1) is 13.2 Å². The van der Waals surface area contributed by atoms with Gasteiger partial charge in [-0.1, -0.05) is 13.0 Å². The van der Waals surface area contributed by atoms with Gasteiger partial charge in [-0.2, -0.15) is 0 Å². The van der Waals surface area contributed by atoms with Crippen LogP contribution in [0, 0.1) is 5.92 Å². The summed E-state index contributed by atoms with van der Waals surface area (Å²) in [5.41, 5.74) is 0.823. The molecule has 0 heterocycles. The van der Waals surface area contributed by atoms with Gasteiger partial charge in [-0.3, -0.25) is 0 Å². The summed E-state index contributed by atoms with van der Waals surface area (Å²) in [5.74, 6) is -0.163. The molecule has 1 aromatic carbocycles. The Hall–Kier alpha value is -0.790. The maximum absolute atomic E-state index is 12.1. The summed E-state index contributed by atoms with van der Waals surface area (Å²) in [6.07, 6.45) is -4.70. The molecule has 0 bridgehead atoms. The van der Waals surface area contributed by atoms with Crippen LogP contribution in [0.3, 0.4) is 0 Å². The van der Waals surface area contributed by atoms with E-state index < -0.39 is 6.36 Å². The smallest absolute Gasteiger partial charge is 0.405 e. The number of hydrogen-bond donors (Lipinski definition) is 2. The van der Waals surface area contributed by atoms with Gasteiger partial charge in [-0.25, -0.2) is 0 Å². The average molecular weight is 356 g/mol. The van der Waals surface area contributed by atoms with Crippen LogP contribution in [0.2, 0.25) is 0 Å². The first-order valence-corrected chi connectivity index (χ1v) is 6.90. The van der Waals surface area contributed by atoms with E-state index in [1.807, 2.05) is 13.8 Å². The second-order valence-corrected chi connectivity index (χ2v) is 5.50. The van der Waals surface area contributed by atoms with E-state index in [0.717, 1.165) is 5.56 Å². The zero-order valence-electron chi connectivity index (χ0n) is 11.2. The van der Waals surface area contributed by atoms with E-state index >= 15 is 0 Å². The highest BCUT2D eigenvalue weighted by atomic mass is 79.9. The lowest BCUT2D eigenvalue weighted by Gasteiger charge is -2.19. The third-order valence-electron chi connectivity index (χ3n) is 2.99. The van der Waals surface area contributed by atoms with Crippen LogP contribution >= 0.6 is 15.9 Å². The quantitative estimate of drug-likeness (QED) is 0.821. The van der Waals surface area contributed by atoms with E-state index in [4.69, 9.17) is 5.11 Å². The normalized spacial score (nSPS) is 14.9. The van der Waals surface area contributed by atoms with Gasteiger partial charge in [-0.05, 0) is 46.5 Å². The van der Waals surface area contributed by atoms with Crippen molar-refractivity contribution >= 4 is 15.9 Å². The van der Waals surface area contributed by atoms with E-state index in [1.165, 1.54) is 6.07 Å². The van der Waals surface area contributed by atoms with Gasteiger partial charge in [0.2, 0.25) is 0 Å². The van der Waals surface area contributed by atoms with E-state index in [2.05, 4.69) is 26.0 Å². The molecule has 0 aromatic heterocycles. The number of alkyl halides is 3. The largest absolute Gasteiger partial charge is 0.573 e. The van der Waals surface area contributed by atoms with Gasteiger partial charge in [0.05, 0.1) is 4.47 Å². The summed E-state index contributed by atoms with van der Waals surface area (Å²) in [6.45, 7) is 4.43. The van der Waals surface area contributed by atoms with Gasteiger partial charge in [0.1, 0.15) is 5.75 Å². The van der Waals surface area contributed by atoms with Crippen molar-refractivity contribution in [2.24, 2.45) is 5.92 Å². The number of aliphatic hydroxyl groups is 1. The molecule has 0 aliphatic carbocycles. The minimum atomic E-state index is -4.70. The first kappa shape index (κ1) is 17.3. The lowest BCUT2D eigenvalue weighted by Crippen LogP contribution is -2.33. The first-order valence-electron chi connectivity index (χ1n) is 6.11. The lowest BCUT2D eigenvalue weighted by molar-refractivity contribution is -0.274. The van der Waals surface area contributed by atoms with E-state index in [-0.39, 0.29) is 28.8 Å². The van der Waals surface area contributed by atoms with Crippen molar-refractivity contribution in [1.29, 1.82) is 0 Å². The molecule has 3 nitrogen and oxygen atoms in total. The molecule has 0 aliphatic heterocycles. The van der Waals surface area contributed by atoms with Crippen LogP contribution in [-0.2, 0) is 6.54 Å². The summed E-state index contributed by atoms with van der Waals surface area (Å²) < 4.78 is 40.5. The monoisotopic (exact) mass is 355 g/mol. The molecule has 0 fully saturated rings. The van der Waals surface area contributed by atoms with Crippen LogP contribution in [0.1, 0.15) is 19.4 Å². The Morgan fingerprint density at radius 1 is 1.35 bits per heavy atom. The van der Waals surface area contributed by atoms with Crippen molar-refractivity contribution in [3.63, 3.8) is 0 Å². The molecule has 2 unspecified atom stereocenters. The van der Waals surface area contributed by atoms with Crippen LogP contribution in [0.15, 0.2) is 22.7 Å². The molecule has 20 heavy (non-hydrogen) atoms. The standard InChI is InChI=1S/C13H17BrF3NO2/c1-8(7-19)9(2)18-6-10-3-4-12(11(14)5-10)20-13(15,16)17/h3-5,8-9,18-19H,6-7H2,1-2H3. The molecule has 7 heteroatoms. The number of nitrogens with one attached hydrogen (secondary N) is 1. The summed E-state index contributed by atoms with van der Waals surface area (Å²) in [7, 11) is 0. The Bertz CT molecular complexity index is 440. The predicted molar refractivity (Wildman–Crippen MR) is 73.4 cm³/mol. The molecule has 2 N–H and O–H groups in total. The number of rotatable bonds is 6. The van der Waals surface area contributed by atoms with E-state index in [9.17, 15) is 13.2 Å². The Kier molecular flexibility index (Phi) is 6.29. The second-order valence-electron chi connectivity index (χ2n) is 4.64. The van der Waals surface area contributed by atoms with Crippen LogP contribution < -0.4 is 10.1 Å². The van der Waals surface area contributed by atoms with Gasteiger partial charge in [0.15, 0.2) is 0 Å². The average Bonchev–Trinajstić information content (AvgIpc) is 2.36. The van der Waals surface area contributed by atoms with Crippen molar-refractivity contribution < 1.29 is 23.0 Å². The topological polar surface area (TPSA) is 41.5 Å². The molecule has 114 valence electrons. The SMILES string of the molecule is CC(CO)C(C)NCc1ccc(OC(F)(F)F)c(Br)c1. The van der Waals surface area contributed by atoms with E-state index in [1.54, 1.807) is 12.1 Å². The molecule has 0 spiro atoms. The second kappa shape index (κ2) is 7.28. The molecule has 1 rings (SSSR count). The van der Waals surface area contributed by atoms with Crippen molar-refractivity contribution in [3.8, 4) is 5.75 Å². The lowest BCUT2D eigenvalue weighted by atomic mass is 10.0. The first-order chi connectivity index (χ1) is 9.23. The zero-order chi connectivity index (χ0) is 15.3. The molecule has 0 amide bonds. The number of aliphatic hydroxyl groups excluding tert-OH is 1. The van der Waals surface area contributed by atoms with Gasteiger partial charge >= 0.3 is 6.36 Å². The fraction of sp³-hybridized carbons (Fsp3) is 0.538. The highest BCUT2D eigenvalue weighted by Gasteiger charge is 2.31. The summed E-state index contributed by atoms with van der Waals surface area (Å²) in [4.78, 5) is 0. The highest BCUT2D eigenvalue weighted by molar-refractivity contribution is 9.10. The minimum Gasteiger partial charge on any atom is -0.405 e. The molecule has 0 saturated carbocycles. The Labute approximate surface area is 124 Å². The third-order valence-corrected chi connectivity index (χ3v) is 3.61. The molecule has 1 aromatic rings. The highest BCUT2D eigenvalue weighted by Crippen LogP contribution is 2.31.